The second kappa shape index (κ2) is 5.16. The van der Waals surface area contributed by atoms with E-state index in [9.17, 15) is 4.21 Å². The van der Waals surface area contributed by atoms with Crippen molar-refractivity contribution in [3.05, 3.63) is 24.2 Å². The molecule has 0 spiro atoms. The topological polar surface area (TPSA) is 73.8 Å². The zero-order valence-electron chi connectivity index (χ0n) is 10.8. The predicted octanol–water partition coefficient (Wildman–Crippen LogP) is 1.47. The van der Waals surface area contributed by atoms with E-state index in [1.54, 1.807) is 10.9 Å². The molecule has 2 N–H and O–H groups in total. The lowest BCUT2D eigenvalue weighted by Gasteiger charge is -2.14. The summed E-state index contributed by atoms with van der Waals surface area (Å²) in [7, 11) is 0.620. The fourth-order valence-electron chi connectivity index (χ4n) is 2.05. The number of aryl methyl sites for hydroxylation is 1. The van der Waals surface area contributed by atoms with Gasteiger partial charge in [-0.15, -0.1) is 0 Å². The molecule has 2 aromatic rings. The van der Waals surface area contributed by atoms with E-state index in [1.165, 1.54) is 0 Å². The lowest BCUT2D eigenvalue weighted by molar-refractivity contribution is 0.627. The third kappa shape index (κ3) is 2.76. The van der Waals surface area contributed by atoms with E-state index < -0.39 is 11.0 Å². The van der Waals surface area contributed by atoms with Crippen LogP contribution in [0.3, 0.4) is 0 Å². The molecular formula is C12H18N4OS. The maximum absolute atomic E-state index is 11.2. The van der Waals surface area contributed by atoms with Gasteiger partial charge < -0.3 is 0 Å². The van der Waals surface area contributed by atoms with Crippen LogP contribution in [0.4, 0.5) is 0 Å². The van der Waals surface area contributed by atoms with Gasteiger partial charge in [0.15, 0.2) is 0 Å². The standard InChI is InChI=1S/C12H18N4OS/c1-8(4-9(2)18(13)17)11-5-10-7-16(3)15-12(10)6-14-11/h5-9H,4,13H2,1-3H3/t8-,9?,18?/m1/s1. The summed E-state index contributed by atoms with van der Waals surface area (Å²) in [5.74, 6) is 0.233. The number of hydrogen-bond acceptors (Lipinski definition) is 3. The third-order valence-corrected chi connectivity index (χ3v) is 4.10. The van der Waals surface area contributed by atoms with Gasteiger partial charge in [-0.1, -0.05) is 6.92 Å². The molecule has 3 atom stereocenters. The number of fused-ring (bicyclic) bond motifs is 1. The van der Waals surface area contributed by atoms with Gasteiger partial charge in [0, 0.05) is 29.6 Å². The smallest absolute Gasteiger partial charge is 0.111 e. The van der Waals surface area contributed by atoms with Crippen LogP contribution in [0.1, 0.15) is 31.9 Å². The van der Waals surface area contributed by atoms with Crippen molar-refractivity contribution in [2.45, 2.75) is 31.4 Å². The molecule has 0 aliphatic carbocycles. The second-order valence-corrected chi connectivity index (χ2v) is 6.21. The molecule has 0 aromatic carbocycles. The molecule has 2 heterocycles. The summed E-state index contributed by atoms with van der Waals surface area (Å²) in [6, 6.07) is 2.04. The van der Waals surface area contributed by atoms with Crippen molar-refractivity contribution in [2.75, 3.05) is 0 Å². The van der Waals surface area contributed by atoms with Crippen LogP contribution >= 0.6 is 0 Å². The first-order valence-electron chi connectivity index (χ1n) is 5.91. The van der Waals surface area contributed by atoms with Crippen LogP contribution < -0.4 is 5.14 Å². The Kier molecular flexibility index (Phi) is 3.77. The molecule has 5 nitrogen and oxygen atoms in total. The van der Waals surface area contributed by atoms with Gasteiger partial charge in [-0.3, -0.25) is 14.8 Å². The number of aromatic nitrogens is 3. The van der Waals surface area contributed by atoms with Crippen LogP contribution in [-0.2, 0) is 18.0 Å². The van der Waals surface area contributed by atoms with Gasteiger partial charge in [0.25, 0.3) is 0 Å². The lowest BCUT2D eigenvalue weighted by atomic mass is 10.0. The van der Waals surface area contributed by atoms with E-state index in [1.807, 2.05) is 26.2 Å². The lowest BCUT2D eigenvalue weighted by Crippen LogP contribution is -2.20. The minimum atomic E-state index is -1.27. The molecule has 0 aliphatic rings. The Balaban J connectivity index is 2.22. The summed E-state index contributed by atoms with van der Waals surface area (Å²) in [6.07, 6.45) is 4.52. The molecule has 0 saturated carbocycles. The second-order valence-electron chi connectivity index (χ2n) is 4.75. The van der Waals surface area contributed by atoms with Gasteiger partial charge in [0.05, 0.1) is 17.2 Å². The number of pyridine rings is 1. The van der Waals surface area contributed by atoms with Crippen LogP contribution in [-0.4, -0.2) is 24.2 Å². The summed E-state index contributed by atoms with van der Waals surface area (Å²) in [6.45, 7) is 3.98. The van der Waals surface area contributed by atoms with E-state index in [4.69, 9.17) is 5.14 Å². The van der Waals surface area contributed by atoms with Crippen LogP contribution in [0.5, 0.6) is 0 Å². The summed E-state index contributed by atoms with van der Waals surface area (Å²) < 4.78 is 13.0. The van der Waals surface area contributed by atoms with Crippen LogP contribution in [0.2, 0.25) is 0 Å². The first-order valence-corrected chi connectivity index (χ1v) is 7.19. The van der Waals surface area contributed by atoms with Crippen molar-refractivity contribution < 1.29 is 4.21 Å². The molecular weight excluding hydrogens is 248 g/mol. The van der Waals surface area contributed by atoms with Crippen molar-refractivity contribution in [1.82, 2.24) is 14.8 Å². The number of nitrogens with two attached hydrogens (primary N) is 1. The van der Waals surface area contributed by atoms with Gasteiger partial charge in [-0.25, -0.2) is 4.21 Å². The predicted molar refractivity (Wildman–Crippen MR) is 73.3 cm³/mol. The van der Waals surface area contributed by atoms with Crippen molar-refractivity contribution in [3.63, 3.8) is 0 Å². The first-order chi connectivity index (χ1) is 8.47. The van der Waals surface area contributed by atoms with Crippen LogP contribution in [0.15, 0.2) is 18.5 Å². The van der Waals surface area contributed by atoms with Gasteiger partial charge in [-0.2, -0.15) is 5.10 Å². The molecule has 6 heteroatoms. The van der Waals surface area contributed by atoms with Crippen molar-refractivity contribution in [1.29, 1.82) is 0 Å². The highest BCUT2D eigenvalue weighted by Crippen LogP contribution is 2.23. The van der Waals surface area contributed by atoms with Crippen molar-refractivity contribution in [2.24, 2.45) is 12.2 Å². The van der Waals surface area contributed by atoms with Gasteiger partial charge >= 0.3 is 0 Å². The third-order valence-electron chi connectivity index (χ3n) is 3.11. The highest BCUT2D eigenvalue weighted by Gasteiger charge is 2.15. The van der Waals surface area contributed by atoms with Gasteiger partial charge in [0.2, 0.25) is 0 Å². The summed E-state index contributed by atoms with van der Waals surface area (Å²) in [5, 5.41) is 10.7. The summed E-state index contributed by atoms with van der Waals surface area (Å²) in [5.41, 5.74) is 1.89. The molecule has 0 aliphatic heterocycles. The summed E-state index contributed by atoms with van der Waals surface area (Å²) >= 11 is 0. The molecule has 0 fully saturated rings. The van der Waals surface area contributed by atoms with E-state index in [-0.39, 0.29) is 11.2 Å². The molecule has 18 heavy (non-hydrogen) atoms. The quantitative estimate of drug-likeness (QED) is 0.910. The zero-order chi connectivity index (χ0) is 13.3. The Bertz CT molecular complexity index is 580. The van der Waals surface area contributed by atoms with Gasteiger partial charge in [-0.05, 0) is 25.3 Å². The largest absolute Gasteiger partial charge is 0.275 e. The zero-order valence-corrected chi connectivity index (χ0v) is 11.6. The molecule has 0 saturated heterocycles. The Labute approximate surface area is 109 Å². The Morgan fingerprint density at radius 3 is 2.89 bits per heavy atom. The maximum Gasteiger partial charge on any atom is 0.111 e. The number of rotatable bonds is 4. The molecule has 0 amide bonds. The highest BCUT2D eigenvalue weighted by atomic mass is 32.2. The molecule has 2 aromatic heterocycles. The maximum atomic E-state index is 11.2. The van der Waals surface area contributed by atoms with Crippen LogP contribution in [0.25, 0.3) is 10.9 Å². The Hall–Kier alpha value is -1.27. The minimum absolute atomic E-state index is 0.0219. The molecule has 2 rings (SSSR count). The minimum Gasteiger partial charge on any atom is -0.275 e. The van der Waals surface area contributed by atoms with E-state index >= 15 is 0 Å². The molecule has 2 unspecified atom stereocenters. The van der Waals surface area contributed by atoms with Crippen LogP contribution in [0, 0.1) is 0 Å². The summed E-state index contributed by atoms with van der Waals surface area (Å²) in [4.78, 5) is 4.42. The normalized spacial score (nSPS) is 16.7. The Morgan fingerprint density at radius 2 is 2.22 bits per heavy atom. The monoisotopic (exact) mass is 266 g/mol. The average Bonchev–Trinajstić information content (AvgIpc) is 2.67. The SMILES string of the molecule is CC(C[C@@H](C)c1cc2cn(C)nc2cn1)S(N)=O. The van der Waals surface area contributed by atoms with Crippen molar-refractivity contribution >= 4 is 21.9 Å². The average molecular weight is 266 g/mol. The number of nitrogens with zero attached hydrogens (tertiary/aromatic N) is 3. The molecule has 0 radical (unpaired) electrons. The first kappa shape index (κ1) is 13.2. The Morgan fingerprint density at radius 1 is 1.50 bits per heavy atom. The van der Waals surface area contributed by atoms with E-state index in [0.717, 1.165) is 23.0 Å². The molecule has 98 valence electrons. The molecule has 0 bridgehead atoms. The highest BCUT2D eigenvalue weighted by molar-refractivity contribution is 7.83. The van der Waals surface area contributed by atoms with Gasteiger partial charge in [0.1, 0.15) is 5.52 Å². The fraction of sp³-hybridized carbons (Fsp3) is 0.500. The van der Waals surface area contributed by atoms with E-state index in [2.05, 4.69) is 17.0 Å². The number of hydrogen-bond donors (Lipinski definition) is 1. The van der Waals surface area contributed by atoms with Crippen molar-refractivity contribution in [3.8, 4) is 0 Å². The fourth-order valence-corrected chi connectivity index (χ4v) is 2.53. The van der Waals surface area contributed by atoms with E-state index in [0.29, 0.717) is 0 Å².